The van der Waals surface area contributed by atoms with E-state index in [-0.39, 0.29) is 17.1 Å². The van der Waals surface area contributed by atoms with Crippen LogP contribution in [0.2, 0.25) is 0 Å². The molecule has 0 bridgehead atoms. The highest BCUT2D eigenvalue weighted by molar-refractivity contribution is 5.96. The number of para-hydroxylation sites is 2. The van der Waals surface area contributed by atoms with E-state index in [0.29, 0.717) is 13.0 Å². The van der Waals surface area contributed by atoms with Crippen LogP contribution < -0.4 is 5.32 Å². The summed E-state index contributed by atoms with van der Waals surface area (Å²) in [5, 5.41) is 19.8. The van der Waals surface area contributed by atoms with Crippen molar-refractivity contribution in [3.63, 3.8) is 0 Å². The number of aromatic nitrogens is 4. The van der Waals surface area contributed by atoms with E-state index in [1.807, 2.05) is 35.9 Å². The van der Waals surface area contributed by atoms with Gasteiger partial charge >= 0.3 is 5.69 Å². The molecular weight excluding hydrogens is 312 g/mol. The number of benzene rings is 1. The van der Waals surface area contributed by atoms with Crippen molar-refractivity contribution in [1.29, 1.82) is 0 Å². The first-order chi connectivity index (χ1) is 11.5. The second-order valence-electron chi connectivity index (χ2n) is 5.38. The van der Waals surface area contributed by atoms with E-state index in [2.05, 4.69) is 20.5 Å². The van der Waals surface area contributed by atoms with Gasteiger partial charge in [0.1, 0.15) is 11.5 Å². The number of carbonyl (C=O) groups excluding carboxylic acids is 1. The third-order valence-corrected chi connectivity index (χ3v) is 3.83. The molecule has 0 atom stereocenters. The van der Waals surface area contributed by atoms with Crippen molar-refractivity contribution < 1.29 is 9.72 Å². The van der Waals surface area contributed by atoms with Gasteiger partial charge in [0.05, 0.1) is 16.0 Å². The number of hydrogen-bond acceptors (Lipinski definition) is 5. The summed E-state index contributed by atoms with van der Waals surface area (Å²) in [6.45, 7) is 1.81. The summed E-state index contributed by atoms with van der Waals surface area (Å²) in [6.07, 6.45) is 0.508. The van der Waals surface area contributed by atoms with Crippen LogP contribution in [0.3, 0.4) is 0 Å². The molecule has 0 aliphatic heterocycles. The molecule has 3 rings (SSSR count). The lowest BCUT2D eigenvalue weighted by Crippen LogP contribution is -2.27. The van der Waals surface area contributed by atoms with Crippen molar-refractivity contribution in [2.75, 3.05) is 6.54 Å². The van der Waals surface area contributed by atoms with Gasteiger partial charge < -0.3 is 9.88 Å². The van der Waals surface area contributed by atoms with Gasteiger partial charge in [0, 0.05) is 20.0 Å². The number of H-pyrrole nitrogens is 1. The van der Waals surface area contributed by atoms with E-state index >= 15 is 0 Å². The van der Waals surface area contributed by atoms with E-state index in [0.717, 1.165) is 16.9 Å². The average Bonchev–Trinajstić information content (AvgIpc) is 3.09. The molecule has 0 saturated heterocycles. The van der Waals surface area contributed by atoms with Gasteiger partial charge in [0.25, 0.3) is 5.91 Å². The van der Waals surface area contributed by atoms with Crippen LogP contribution >= 0.6 is 0 Å². The summed E-state index contributed by atoms with van der Waals surface area (Å²) in [5.74, 6) is 0.244. The number of aromatic amines is 1. The Kier molecular flexibility index (Phi) is 3.98. The van der Waals surface area contributed by atoms with Crippen LogP contribution in [-0.4, -0.2) is 37.1 Å². The van der Waals surface area contributed by atoms with Crippen molar-refractivity contribution in [3.05, 3.63) is 51.6 Å². The zero-order valence-electron chi connectivity index (χ0n) is 13.2. The molecule has 9 nitrogen and oxygen atoms in total. The number of fused-ring (bicyclic) bond motifs is 1. The molecule has 3 aromatic rings. The highest BCUT2D eigenvalue weighted by atomic mass is 16.6. The van der Waals surface area contributed by atoms with Crippen LogP contribution in [0.4, 0.5) is 5.69 Å². The molecular formula is C15H16N6O3. The lowest BCUT2D eigenvalue weighted by molar-refractivity contribution is -0.385. The standard InChI is InChI=1S/C15H16N6O3/c1-9-14(21(23)24)13(19-18-9)15(22)16-8-7-12-17-10-5-3-4-6-11(10)20(12)2/h3-6H,7-8H2,1-2H3,(H,16,22)(H,18,19). The Hall–Kier alpha value is -3.23. The highest BCUT2D eigenvalue weighted by Gasteiger charge is 2.26. The van der Waals surface area contributed by atoms with E-state index < -0.39 is 10.8 Å². The number of imidazole rings is 1. The molecule has 1 aromatic carbocycles. The number of carbonyl (C=O) groups is 1. The van der Waals surface area contributed by atoms with Crippen molar-refractivity contribution in [2.45, 2.75) is 13.3 Å². The van der Waals surface area contributed by atoms with Crippen LogP contribution in [0.15, 0.2) is 24.3 Å². The predicted molar refractivity (Wildman–Crippen MR) is 86.7 cm³/mol. The molecule has 124 valence electrons. The van der Waals surface area contributed by atoms with Gasteiger partial charge in [0.15, 0.2) is 0 Å². The van der Waals surface area contributed by atoms with Gasteiger partial charge in [-0.15, -0.1) is 0 Å². The Bertz CT molecular complexity index is 927. The largest absolute Gasteiger partial charge is 0.350 e. The zero-order chi connectivity index (χ0) is 17.3. The Labute approximate surface area is 136 Å². The van der Waals surface area contributed by atoms with Crippen LogP contribution in [0, 0.1) is 17.0 Å². The van der Waals surface area contributed by atoms with E-state index in [9.17, 15) is 14.9 Å². The molecule has 0 unspecified atom stereocenters. The van der Waals surface area contributed by atoms with Gasteiger partial charge in [-0.05, 0) is 19.1 Å². The fraction of sp³-hybridized carbons (Fsp3) is 0.267. The first-order valence-electron chi connectivity index (χ1n) is 7.37. The lowest BCUT2D eigenvalue weighted by atomic mass is 10.3. The van der Waals surface area contributed by atoms with Crippen LogP contribution in [0.1, 0.15) is 22.0 Å². The fourth-order valence-corrected chi connectivity index (χ4v) is 2.60. The maximum Gasteiger partial charge on any atom is 0.322 e. The summed E-state index contributed by atoms with van der Waals surface area (Å²) >= 11 is 0. The minimum Gasteiger partial charge on any atom is -0.350 e. The minimum atomic E-state index is -0.612. The second-order valence-corrected chi connectivity index (χ2v) is 5.38. The molecule has 0 saturated carbocycles. The number of amides is 1. The molecule has 1 amide bonds. The van der Waals surface area contributed by atoms with Crippen LogP contribution in [-0.2, 0) is 13.5 Å². The smallest absolute Gasteiger partial charge is 0.322 e. The summed E-state index contributed by atoms with van der Waals surface area (Å²) in [5.41, 5.74) is 1.65. The third kappa shape index (κ3) is 2.71. The van der Waals surface area contributed by atoms with Gasteiger partial charge in [-0.25, -0.2) is 4.98 Å². The van der Waals surface area contributed by atoms with Gasteiger partial charge in [0.2, 0.25) is 5.69 Å². The molecule has 24 heavy (non-hydrogen) atoms. The van der Waals surface area contributed by atoms with Gasteiger partial charge in [-0.1, -0.05) is 12.1 Å². The average molecular weight is 328 g/mol. The monoisotopic (exact) mass is 328 g/mol. The Morgan fingerprint density at radius 2 is 2.17 bits per heavy atom. The first kappa shape index (κ1) is 15.7. The highest BCUT2D eigenvalue weighted by Crippen LogP contribution is 2.20. The summed E-state index contributed by atoms with van der Waals surface area (Å²) < 4.78 is 1.96. The number of nitrogens with zero attached hydrogens (tertiary/aromatic N) is 4. The van der Waals surface area contributed by atoms with E-state index in [1.165, 1.54) is 6.92 Å². The van der Waals surface area contributed by atoms with Crippen molar-refractivity contribution >= 4 is 22.6 Å². The maximum absolute atomic E-state index is 12.1. The first-order valence-corrected chi connectivity index (χ1v) is 7.37. The minimum absolute atomic E-state index is 0.206. The number of nitro groups is 1. The Balaban J connectivity index is 1.69. The molecule has 0 fully saturated rings. The van der Waals surface area contributed by atoms with Gasteiger partial charge in [-0.2, -0.15) is 5.10 Å². The van der Waals surface area contributed by atoms with Crippen molar-refractivity contribution in [2.24, 2.45) is 7.05 Å². The number of nitrogens with one attached hydrogen (secondary N) is 2. The van der Waals surface area contributed by atoms with Gasteiger partial charge in [-0.3, -0.25) is 20.0 Å². The van der Waals surface area contributed by atoms with E-state index in [4.69, 9.17) is 0 Å². The molecule has 0 radical (unpaired) electrons. The lowest BCUT2D eigenvalue weighted by Gasteiger charge is -2.04. The normalized spacial score (nSPS) is 10.9. The molecule has 2 aromatic heterocycles. The maximum atomic E-state index is 12.1. The summed E-state index contributed by atoms with van der Waals surface area (Å²) in [7, 11) is 1.91. The Morgan fingerprint density at radius 1 is 1.42 bits per heavy atom. The second kappa shape index (κ2) is 6.11. The molecule has 0 aliphatic carbocycles. The molecule has 2 heterocycles. The topological polar surface area (TPSA) is 119 Å². The summed E-state index contributed by atoms with van der Waals surface area (Å²) in [4.78, 5) is 27.0. The quantitative estimate of drug-likeness (QED) is 0.543. The van der Waals surface area contributed by atoms with Crippen molar-refractivity contribution in [3.8, 4) is 0 Å². The number of rotatable bonds is 5. The Morgan fingerprint density at radius 3 is 2.88 bits per heavy atom. The van der Waals surface area contributed by atoms with Crippen LogP contribution in [0.25, 0.3) is 11.0 Å². The number of aryl methyl sites for hydroxylation is 2. The van der Waals surface area contributed by atoms with Crippen LogP contribution in [0.5, 0.6) is 0 Å². The van der Waals surface area contributed by atoms with E-state index in [1.54, 1.807) is 0 Å². The molecule has 0 aliphatic rings. The molecule has 0 spiro atoms. The predicted octanol–water partition coefficient (Wildman–Crippen LogP) is 1.49. The fourth-order valence-electron chi connectivity index (χ4n) is 2.60. The molecule has 2 N–H and O–H groups in total. The SMILES string of the molecule is Cc1[nH]nc(C(=O)NCCc2nc3ccccc3n2C)c1[N+](=O)[O-]. The number of hydrogen-bond donors (Lipinski definition) is 2. The molecule has 9 heteroatoms. The zero-order valence-corrected chi connectivity index (χ0v) is 13.2. The van der Waals surface area contributed by atoms with Crippen molar-refractivity contribution in [1.82, 2.24) is 25.1 Å². The third-order valence-electron chi connectivity index (χ3n) is 3.83. The summed E-state index contributed by atoms with van der Waals surface area (Å²) in [6, 6.07) is 7.75.